The summed E-state index contributed by atoms with van der Waals surface area (Å²) >= 11 is 3.54. The normalized spacial score (nSPS) is 20.1. The van der Waals surface area contributed by atoms with Crippen LogP contribution in [0.2, 0.25) is 0 Å². The van der Waals surface area contributed by atoms with Gasteiger partial charge in [-0.1, -0.05) is 0 Å². The van der Waals surface area contributed by atoms with Gasteiger partial charge in [0.05, 0.1) is 11.6 Å². The van der Waals surface area contributed by atoms with Gasteiger partial charge in [0.15, 0.2) is 11.5 Å². The number of phenols is 1. The van der Waals surface area contributed by atoms with Crippen molar-refractivity contribution >= 4 is 15.9 Å². The molecule has 1 aromatic carbocycles. The van der Waals surface area contributed by atoms with Gasteiger partial charge in [-0.3, -0.25) is 0 Å². The van der Waals surface area contributed by atoms with E-state index in [1.54, 1.807) is 13.2 Å². The van der Waals surface area contributed by atoms with Crippen molar-refractivity contribution in [2.45, 2.75) is 19.3 Å². The molecule has 1 aliphatic heterocycles. The molecular weight excluding hydrogens is 270 g/mol. The van der Waals surface area contributed by atoms with Crippen molar-refractivity contribution in [3.8, 4) is 11.5 Å². The first-order chi connectivity index (χ1) is 7.65. The summed E-state index contributed by atoms with van der Waals surface area (Å²) in [5.41, 5.74) is 2.36. The summed E-state index contributed by atoms with van der Waals surface area (Å²) in [6.45, 7) is 4.07. The average molecular weight is 286 g/mol. The Bertz CT molecular complexity index is 400. The van der Waals surface area contributed by atoms with Crippen LogP contribution < -0.4 is 10.1 Å². The van der Waals surface area contributed by atoms with Gasteiger partial charge in [-0.2, -0.15) is 0 Å². The summed E-state index contributed by atoms with van der Waals surface area (Å²) in [6, 6.07) is 1.78. The zero-order valence-corrected chi connectivity index (χ0v) is 11.1. The van der Waals surface area contributed by atoms with Gasteiger partial charge in [0, 0.05) is 6.54 Å². The monoisotopic (exact) mass is 285 g/mol. The number of phenolic OH excluding ortho intramolecular Hbond substituents is 1. The summed E-state index contributed by atoms with van der Waals surface area (Å²) < 4.78 is 6.10. The lowest BCUT2D eigenvalue weighted by Crippen LogP contribution is -2.09. The summed E-state index contributed by atoms with van der Waals surface area (Å²) in [6.07, 6.45) is 1.13. The Kier molecular flexibility index (Phi) is 3.40. The van der Waals surface area contributed by atoms with Crippen LogP contribution in [0.15, 0.2) is 10.5 Å². The van der Waals surface area contributed by atoms with E-state index in [9.17, 15) is 5.11 Å². The number of methoxy groups -OCH3 is 1. The highest BCUT2D eigenvalue weighted by Gasteiger charge is 2.24. The van der Waals surface area contributed by atoms with E-state index in [4.69, 9.17) is 4.74 Å². The fourth-order valence-electron chi connectivity index (χ4n) is 2.35. The predicted molar refractivity (Wildman–Crippen MR) is 67.3 cm³/mol. The molecule has 0 amide bonds. The number of hydrogen-bond donors (Lipinski definition) is 2. The van der Waals surface area contributed by atoms with Gasteiger partial charge in [0.2, 0.25) is 0 Å². The van der Waals surface area contributed by atoms with Crippen molar-refractivity contribution in [3.63, 3.8) is 0 Å². The molecule has 16 heavy (non-hydrogen) atoms. The van der Waals surface area contributed by atoms with E-state index in [2.05, 4.69) is 21.2 Å². The van der Waals surface area contributed by atoms with Crippen LogP contribution in [0.4, 0.5) is 0 Å². The molecule has 1 atom stereocenters. The largest absolute Gasteiger partial charge is 0.504 e. The molecular formula is C12H16BrNO2. The van der Waals surface area contributed by atoms with Crippen LogP contribution in [0.5, 0.6) is 11.5 Å². The lowest BCUT2D eigenvalue weighted by Gasteiger charge is -2.18. The molecule has 0 aromatic heterocycles. The number of rotatable bonds is 2. The average Bonchev–Trinajstić information content (AvgIpc) is 2.70. The van der Waals surface area contributed by atoms with Crippen molar-refractivity contribution in [2.75, 3.05) is 20.2 Å². The number of halogens is 1. The van der Waals surface area contributed by atoms with Gasteiger partial charge in [-0.15, -0.1) is 0 Å². The van der Waals surface area contributed by atoms with Crippen molar-refractivity contribution < 1.29 is 9.84 Å². The van der Waals surface area contributed by atoms with Crippen molar-refractivity contribution in [1.29, 1.82) is 0 Å². The SMILES string of the molecule is COc1c(O)cc(C)c(C2CCNC2)c1Br. The van der Waals surface area contributed by atoms with E-state index in [0.29, 0.717) is 11.7 Å². The third-order valence-electron chi connectivity index (χ3n) is 3.12. The van der Waals surface area contributed by atoms with E-state index in [1.807, 2.05) is 6.92 Å². The summed E-state index contributed by atoms with van der Waals surface area (Å²) in [4.78, 5) is 0. The molecule has 1 aromatic rings. The number of benzene rings is 1. The third-order valence-corrected chi connectivity index (χ3v) is 3.91. The van der Waals surface area contributed by atoms with Gasteiger partial charge < -0.3 is 15.2 Å². The highest BCUT2D eigenvalue weighted by atomic mass is 79.9. The molecule has 0 bridgehead atoms. The van der Waals surface area contributed by atoms with Crippen LogP contribution >= 0.6 is 15.9 Å². The fourth-order valence-corrected chi connectivity index (χ4v) is 3.35. The number of ether oxygens (including phenoxy) is 1. The Labute approximate surface area is 104 Å². The minimum absolute atomic E-state index is 0.196. The Morgan fingerprint density at radius 2 is 2.31 bits per heavy atom. The van der Waals surface area contributed by atoms with E-state index >= 15 is 0 Å². The summed E-state index contributed by atoms with van der Waals surface area (Å²) in [5.74, 6) is 1.23. The fraction of sp³-hybridized carbons (Fsp3) is 0.500. The van der Waals surface area contributed by atoms with E-state index in [0.717, 1.165) is 29.5 Å². The second kappa shape index (κ2) is 4.63. The predicted octanol–water partition coefficient (Wildman–Crippen LogP) is 2.55. The van der Waals surface area contributed by atoms with Gasteiger partial charge in [-0.25, -0.2) is 0 Å². The maximum absolute atomic E-state index is 9.77. The van der Waals surface area contributed by atoms with E-state index < -0.39 is 0 Å². The van der Waals surface area contributed by atoms with Crippen molar-refractivity contribution in [3.05, 3.63) is 21.7 Å². The van der Waals surface area contributed by atoms with Crippen LogP contribution in [-0.2, 0) is 0 Å². The molecule has 1 unspecified atom stereocenters. The molecule has 0 saturated carbocycles. The molecule has 2 N–H and O–H groups in total. The van der Waals surface area contributed by atoms with Crippen molar-refractivity contribution in [1.82, 2.24) is 5.32 Å². The van der Waals surface area contributed by atoms with Gasteiger partial charge in [0.1, 0.15) is 0 Å². The van der Waals surface area contributed by atoms with Crippen LogP contribution in [0, 0.1) is 6.92 Å². The zero-order chi connectivity index (χ0) is 11.7. The summed E-state index contributed by atoms with van der Waals surface area (Å²) in [7, 11) is 1.58. The number of nitrogens with one attached hydrogen (secondary N) is 1. The Balaban J connectivity index is 2.50. The van der Waals surface area contributed by atoms with Crippen LogP contribution in [-0.4, -0.2) is 25.3 Å². The lowest BCUT2D eigenvalue weighted by molar-refractivity contribution is 0.369. The zero-order valence-electron chi connectivity index (χ0n) is 9.51. The molecule has 1 heterocycles. The molecule has 1 fully saturated rings. The van der Waals surface area contributed by atoms with Gasteiger partial charge >= 0.3 is 0 Å². The molecule has 1 aliphatic rings. The Morgan fingerprint density at radius 1 is 1.56 bits per heavy atom. The Morgan fingerprint density at radius 3 is 2.88 bits per heavy atom. The number of hydrogen-bond acceptors (Lipinski definition) is 3. The molecule has 1 saturated heterocycles. The Hall–Kier alpha value is -0.740. The molecule has 0 radical (unpaired) electrons. The topological polar surface area (TPSA) is 41.5 Å². The van der Waals surface area contributed by atoms with Gasteiger partial charge in [0.25, 0.3) is 0 Å². The summed E-state index contributed by atoms with van der Waals surface area (Å²) in [5, 5.41) is 13.1. The second-order valence-corrected chi connectivity index (χ2v) is 4.96. The van der Waals surface area contributed by atoms with E-state index in [1.165, 1.54) is 5.56 Å². The molecule has 2 rings (SSSR count). The lowest BCUT2D eigenvalue weighted by atomic mass is 9.93. The molecule has 3 nitrogen and oxygen atoms in total. The first-order valence-electron chi connectivity index (χ1n) is 5.41. The first-order valence-corrected chi connectivity index (χ1v) is 6.21. The maximum Gasteiger partial charge on any atom is 0.174 e. The maximum atomic E-state index is 9.77. The van der Waals surface area contributed by atoms with Crippen molar-refractivity contribution in [2.24, 2.45) is 0 Å². The minimum atomic E-state index is 0.196. The molecule has 0 spiro atoms. The van der Waals surface area contributed by atoms with Gasteiger partial charge in [-0.05, 0) is 58.9 Å². The van der Waals surface area contributed by atoms with E-state index in [-0.39, 0.29) is 5.75 Å². The molecule has 88 valence electrons. The number of aromatic hydroxyl groups is 1. The highest BCUT2D eigenvalue weighted by molar-refractivity contribution is 9.10. The standard InChI is InChI=1S/C12H16BrNO2/c1-7-5-9(15)12(16-2)11(13)10(7)8-3-4-14-6-8/h5,8,14-15H,3-4,6H2,1-2H3. The second-order valence-electron chi connectivity index (χ2n) is 4.16. The smallest absolute Gasteiger partial charge is 0.174 e. The van der Waals surface area contributed by atoms with Crippen LogP contribution in [0.25, 0.3) is 0 Å². The minimum Gasteiger partial charge on any atom is -0.504 e. The molecule has 4 heteroatoms. The van der Waals surface area contributed by atoms with Crippen LogP contribution in [0.1, 0.15) is 23.5 Å². The molecule has 0 aliphatic carbocycles. The quantitative estimate of drug-likeness (QED) is 0.878. The number of aryl methyl sites for hydroxylation is 1. The first kappa shape index (κ1) is 11.7. The third kappa shape index (κ3) is 1.92. The van der Waals surface area contributed by atoms with Crippen LogP contribution in [0.3, 0.4) is 0 Å². The highest BCUT2D eigenvalue weighted by Crippen LogP contribution is 2.43.